The van der Waals surface area contributed by atoms with E-state index in [1.54, 1.807) is 17.0 Å². The van der Waals surface area contributed by atoms with Crippen LogP contribution in [0.4, 0.5) is 0 Å². The Morgan fingerprint density at radius 2 is 1.96 bits per heavy atom. The number of ether oxygens (including phenoxy) is 1. The molecular formula is C21H25ClN2O4. The first-order valence-electron chi connectivity index (χ1n) is 9.25. The first-order chi connectivity index (χ1) is 13.3. The summed E-state index contributed by atoms with van der Waals surface area (Å²) in [5, 5.41) is 1.12. The lowest BCUT2D eigenvalue weighted by Crippen LogP contribution is -2.47. The second-order valence-corrected chi connectivity index (χ2v) is 7.79. The van der Waals surface area contributed by atoms with Crippen molar-refractivity contribution < 1.29 is 13.9 Å². The van der Waals surface area contributed by atoms with Gasteiger partial charge in [0.25, 0.3) is 0 Å². The van der Waals surface area contributed by atoms with Crippen LogP contribution in [-0.2, 0) is 11.2 Å². The summed E-state index contributed by atoms with van der Waals surface area (Å²) in [7, 11) is 2.03. The molecule has 1 aromatic carbocycles. The molecule has 1 amide bonds. The number of hydrogen-bond acceptors (Lipinski definition) is 5. The van der Waals surface area contributed by atoms with Crippen LogP contribution in [0.2, 0.25) is 5.02 Å². The zero-order valence-electron chi connectivity index (χ0n) is 16.5. The van der Waals surface area contributed by atoms with E-state index in [1.807, 2.05) is 20.9 Å². The van der Waals surface area contributed by atoms with Crippen LogP contribution in [-0.4, -0.2) is 55.5 Å². The summed E-state index contributed by atoms with van der Waals surface area (Å²) in [6, 6.07) is 3.33. The van der Waals surface area contributed by atoms with Gasteiger partial charge in [0.15, 0.2) is 0 Å². The molecule has 0 spiro atoms. The molecule has 0 bridgehead atoms. The Morgan fingerprint density at radius 3 is 2.61 bits per heavy atom. The van der Waals surface area contributed by atoms with Gasteiger partial charge in [-0.05, 0) is 38.1 Å². The quantitative estimate of drug-likeness (QED) is 0.566. The van der Waals surface area contributed by atoms with E-state index in [0.717, 1.165) is 18.7 Å². The van der Waals surface area contributed by atoms with E-state index in [2.05, 4.69) is 11.5 Å². The Labute approximate surface area is 169 Å². The Balaban J connectivity index is 1.89. The van der Waals surface area contributed by atoms with Crippen molar-refractivity contribution in [1.82, 2.24) is 9.80 Å². The second-order valence-electron chi connectivity index (χ2n) is 7.38. The van der Waals surface area contributed by atoms with Gasteiger partial charge in [-0.15, -0.1) is 0 Å². The Morgan fingerprint density at radius 1 is 1.29 bits per heavy atom. The average Bonchev–Trinajstić information content (AvgIpc) is 2.64. The molecule has 0 saturated carbocycles. The molecule has 28 heavy (non-hydrogen) atoms. The van der Waals surface area contributed by atoms with Crippen LogP contribution >= 0.6 is 11.6 Å². The third-order valence-electron chi connectivity index (χ3n) is 5.00. The third-order valence-corrected chi connectivity index (χ3v) is 5.29. The monoisotopic (exact) mass is 404 g/mol. The molecule has 0 atom stereocenters. The number of fused-ring (bicyclic) bond motifs is 1. The fourth-order valence-electron chi connectivity index (χ4n) is 3.22. The highest BCUT2D eigenvalue weighted by Crippen LogP contribution is 2.32. The largest absolute Gasteiger partial charge is 0.488 e. The van der Waals surface area contributed by atoms with Crippen molar-refractivity contribution >= 4 is 28.5 Å². The van der Waals surface area contributed by atoms with Crippen molar-refractivity contribution in [3.05, 3.63) is 50.9 Å². The van der Waals surface area contributed by atoms with Crippen LogP contribution < -0.4 is 10.4 Å². The number of amides is 1. The molecule has 150 valence electrons. The van der Waals surface area contributed by atoms with E-state index >= 15 is 0 Å². The zero-order valence-corrected chi connectivity index (χ0v) is 17.3. The molecule has 1 saturated heterocycles. The maximum atomic E-state index is 12.7. The van der Waals surface area contributed by atoms with Gasteiger partial charge in [0, 0.05) is 37.6 Å². The number of likely N-dealkylation sites (N-methyl/N-ethyl adjacent to an activating group) is 1. The minimum absolute atomic E-state index is 0.0271. The Bertz CT molecular complexity index is 975. The molecule has 0 radical (unpaired) electrons. The van der Waals surface area contributed by atoms with E-state index in [4.69, 9.17) is 20.8 Å². The summed E-state index contributed by atoms with van der Waals surface area (Å²) in [6.45, 7) is 10.8. The van der Waals surface area contributed by atoms with E-state index in [-0.39, 0.29) is 12.3 Å². The highest BCUT2D eigenvalue weighted by Gasteiger charge is 2.22. The lowest BCUT2D eigenvalue weighted by Gasteiger charge is -2.32. The van der Waals surface area contributed by atoms with Gasteiger partial charge in [0.2, 0.25) is 5.91 Å². The van der Waals surface area contributed by atoms with Crippen molar-refractivity contribution in [3.8, 4) is 5.75 Å². The standard InChI is InChI=1S/C21H25ClN2O4/c1-13(2)12-27-19-11-18-15(9-17(19)22)14(3)16(21(26)28-18)10-20(25)24-7-5-23(4)6-8-24/h9,11H,1,5-8,10,12H2,2-4H3. The molecule has 3 rings (SSSR count). The normalized spacial score (nSPS) is 15.1. The number of carbonyl (C=O) groups is 1. The highest BCUT2D eigenvalue weighted by molar-refractivity contribution is 6.32. The molecule has 6 nitrogen and oxygen atoms in total. The first kappa shape index (κ1) is 20.4. The van der Waals surface area contributed by atoms with Crippen LogP contribution in [0, 0.1) is 6.92 Å². The van der Waals surface area contributed by atoms with Gasteiger partial charge in [-0.2, -0.15) is 0 Å². The number of piperazine rings is 1. The van der Waals surface area contributed by atoms with Crippen LogP contribution in [0.5, 0.6) is 5.75 Å². The number of rotatable bonds is 5. The molecule has 2 aromatic rings. The first-order valence-corrected chi connectivity index (χ1v) is 9.63. The molecule has 1 aromatic heterocycles. The van der Waals surface area contributed by atoms with Crippen molar-refractivity contribution in [1.29, 1.82) is 0 Å². The van der Waals surface area contributed by atoms with Gasteiger partial charge < -0.3 is 19.0 Å². The minimum atomic E-state index is -0.499. The Hall–Kier alpha value is -2.31. The number of aryl methyl sites for hydroxylation is 1. The lowest BCUT2D eigenvalue weighted by atomic mass is 10.0. The molecule has 1 aliphatic heterocycles. The molecule has 1 aliphatic rings. The predicted octanol–water partition coefficient (Wildman–Crippen LogP) is 3.03. The highest BCUT2D eigenvalue weighted by atomic mass is 35.5. The molecule has 0 N–H and O–H groups in total. The van der Waals surface area contributed by atoms with Crippen molar-refractivity contribution in [2.24, 2.45) is 0 Å². The summed E-state index contributed by atoms with van der Waals surface area (Å²) in [5.41, 5.74) is 1.83. The van der Waals surface area contributed by atoms with Gasteiger partial charge in [-0.25, -0.2) is 4.79 Å². The summed E-state index contributed by atoms with van der Waals surface area (Å²) in [6.07, 6.45) is 0.0271. The number of hydrogen-bond donors (Lipinski definition) is 0. The smallest absolute Gasteiger partial charge is 0.340 e. The second kappa shape index (κ2) is 8.37. The summed E-state index contributed by atoms with van der Waals surface area (Å²) < 4.78 is 11.1. The lowest BCUT2D eigenvalue weighted by molar-refractivity contribution is -0.132. The van der Waals surface area contributed by atoms with E-state index in [0.29, 0.717) is 52.6 Å². The topological polar surface area (TPSA) is 63.0 Å². The van der Waals surface area contributed by atoms with Gasteiger partial charge in [-0.3, -0.25) is 4.79 Å². The zero-order chi connectivity index (χ0) is 20.4. The molecule has 1 fully saturated rings. The van der Waals surface area contributed by atoms with E-state index < -0.39 is 5.63 Å². The molecule has 2 heterocycles. The van der Waals surface area contributed by atoms with Gasteiger partial charge in [-0.1, -0.05) is 18.2 Å². The Kier molecular flexibility index (Phi) is 6.10. The molecule has 0 unspecified atom stereocenters. The maximum absolute atomic E-state index is 12.7. The number of benzene rings is 1. The SMILES string of the molecule is C=C(C)COc1cc2oc(=O)c(CC(=O)N3CCN(C)CC3)c(C)c2cc1Cl. The average molecular weight is 405 g/mol. The van der Waals surface area contributed by atoms with Crippen molar-refractivity contribution in [3.63, 3.8) is 0 Å². The minimum Gasteiger partial charge on any atom is -0.488 e. The van der Waals surface area contributed by atoms with E-state index in [1.165, 1.54) is 0 Å². The van der Waals surface area contributed by atoms with Gasteiger partial charge >= 0.3 is 5.63 Å². The van der Waals surface area contributed by atoms with Crippen LogP contribution in [0.15, 0.2) is 33.5 Å². The fraction of sp³-hybridized carbons (Fsp3) is 0.429. The summed E-state index contributed by atoms with van der Waals surface area (Å²) in [4.78, 5) is 29.2. The van der Waals surface area contributed by atoms with Crippen LogP contribution in [0.1, 0.15) is 18.1 Å². The number of nitrogens with zero attached hydrogens (tertiary/aromatic N) is 2. The molecular weight excluding hydrogens is 380 g/mol. The summed E-state index contributed by atoms with van der Waals surface area (Å²) in [5.74, 6) is 0.372. The maximum Gasteiger partial charge on any atom is 0.340 e. The predicted molar refractivity (Wildman–Crippen MR) is 110 cm³/mol. The molecule has 0 aliphatic carbocycles. The van der Waals surface area contributed by atoms with Crippen molar-refractivity contribution in [2.75, 3.05) is 39.8 Å². The van der Waals surface area contributed by atoms with Gasteiger partial charge in [0.1, 0.15) is 17.9 Å². The molecule has 7 heteroatoms. The number of halogens is 1. The van der Waals surface area contributed by atoms with Crippen molar-refractivity contribution in [2.45, 2.75) is 20.3 Å². The summed E-state index contributed by atoms with van der Waals surface area (Å²) >= 11 is 6.34. The van der Waals surface area contributed by atoms with Crippen LogP contribution in [0.25, 0.3) is 11.0 Å². The third kappa shape index (κ3) is 4.39. The fourth-order valence-corrected chi connectivity index (χ4v) is 3.44. The van der Waals surface area contributed by atoms with Crippen LogP contribution in [0.3, 0.4) is 0 Å². The van der Waals surface area contributed by atoms with Gasteiger partial charge in [0.05, 0.1) is 17.0 Å². The number of carbonyl (C=O) groups excluding carboxylic acids is 1. The van der Waals surface area contributed by atoms with E-state index in [9.17, 15) is 9.59 Å².